The Kier molecular flexibility index (Phi) is 4.77. The van der Waals surface area contributed by atoms with Crippen LogP contribution in [-0.2, 0) is 13.0 Å². The molecule has 0 saturated heterocycles. The average molecular weight is 322 g/mol. The summed E-state index contributed by atoms with van der Waals surface area (Å²) in [4.78, 5) is 4.46. The van der Waals surface area contributed by atoms with E-state index in [0.717, 1.165) is 18.8 Å². The van der Waals surface area contributed by atoms with Crippen LogP contribution in [0.4, 0.5) is 0 Å². The molecule has 0 bridgehead atoms. The summed E-state index contributed by atoms with van der Waals surface area (Å²) in [7, 11) is 2.00. The predicted molar refractivity (Wildman–Crippen MR) is 82.3 cm³/mol. The quantitative estimate of drug-likeness (QED) is 0.913. The molecule has 102 valence electrons. The number of nitrogens with zero attached hydrogens (tertiary/aromatic N) is 2. The smallest absolute Gasteiger partial charge is 0.110 e. The van der Waals surface area contributed by atoms with Gasteiger partial charge in [-0.25, -0.2) is 4.98 Å². The van der Waals surface area contributed by atoms with Crippen LogP contribution in [0, 0.1) is 6.92 Å². The molecule has 1 aromatic carbocycles. The lowest BCUT2D eigenvalue weighted by atomic mass is 10.0. The molecule has 2 rings (SSSR count). The summed E-state index contributed by atoms with van der Waals surface area (Å²) in [5.74, 6) is 1.12. The van der Waals surface area contributed by atoms with E-state index in [2.05, 4.69) is 62.8 Å². The van der Waals surface area contributed by atoms with Gasteiger partial charge in [0.2, 0.25) is 0 Å². The molecular formula is C15H20BrN3. The summed E-state index contributed by atoms with van der Waals surface area (Å²) in [5, 5.41) is 3.39. The van der Waals surface area contributed by atoms with Gasteiger partial charge in [0.05, 0.1) is 0 Å². The molecular weight excluding hydrogens is 302 g/mol. The highest BCUT2D eigenvalue weighted by Crippen LogP contribution is 2.28. The Morgan fingerprint density at radius 2 is 2.21 bits per heavy atom. The zero-order valence-corrected chi connectivity index (χ0v) is 13.2. The molecule has 0 fully saturated rings. The molecule has 19 heavy (non-hydrogen) atoms. The fourth-order valence-corrected chi connectivity index (χ4v) is 2.85. The van der Waals surface area contributed by atoms with Crippen molar-refractivity contribution >= 4 is 15.9 Å². The third-order valence-corrected chi connectivity index (χ3v) is 4.56. The van der Waals surface area contributed by atoms with Crippen molar-refractivity contribution in [2.45, 2.75) is 32.9 Å². The van der Waals surface area contributed by atoms with Gasteiger partial charge in [0.15, 0.2) is 0 Å². The molecule has 1 unspecified atom stereocenters. The van der Waals surface area contributed by atoms with Crippen LogP contribution in [0.3, 0.4) is 0 Å². The molecule has 2 aromatic rings. The maximum atomic E-state index is 4.46. The van der Waals surface area contributed by atoms with Gasteiger partial charge in [0.1, 0.15) is 5.82 Å². The minimum Gasteiger partial charge on any atom is -0.335 e. The van der Waals surface area contributed by atoms with Crippen LogP contribution < -0.4 is 5.32 Å². The molecule has 0 aliphatic rings. The predicted octanol–water partition coefficient (Wildman–Crippen LogP) is 3.48. The topological polar surface area (TPSA) is 29.9 Å². The molecule has 0 spiro atoms. The van der Waals surface area contributed by atoms with Gasteiger partial charge in [-0.2, -0.15) is 0 Å². The molecule has 4 heteroatoms. The van der Waals surface area contributed by atoms with Gasteiger partial charge in [0, 0.05) is 35.9 Å². The fraction of sp³-hybridized carbons (Fsp3) is 0.400. The highest BCUT2D eigenvalue weighted by molar-refractivity contribution is 9.10. The van der Waals surface area contributed by atoms with E-state index < -0.39 is 0 Å². The Morgan fingerprint density at radius 3 is 2.89 bits per heavy atom. The van der Waals surface area contributed by atoms with Crippen LogP contribution in [0.15, 0.2) is 35.1 Å². The molecule has 3 nitrogen and oxygen atoms in total. The van der Waals surface area contributed by atoms with Crippen molar-refractivity contribution in [3.8, 4) is 0 Å². The maximum Gasteiger partial charge on any atom is 0.110 e. The SMILES string of the molecule is CCn1ccnc1CC(NC)c1cccc(C)c1Br. The summed E-state index contributed by atoms with van der Waals surface area (Å²) in [6.45, 7) is 5.22. The zero-order chi connectivity index (χ0) is 13.8. The summed E-state index contributed by atoms with van der Waals surface area (Å²) in [6, 6.07) is 6.65. The minimum absolute atomic E-state index is 0.266. The lowest BCUT2D eigenvalue weighted by Gasteiger charge is -2.19. The highest BCUT2D eigenvalue weighted by atomic mass is 79.9. The highest BCUT2D eigenvalue weighted by Gasteiger charge is 2.16. The van der Waals surface area contributed by atoms with Crippen molar-refractivity contribution in [1.82, 2.24) is 14.9 Å². The first-order chi connectivity index (χ1) is 9.17. The van der Waals surface area contributed by atoms with Gasteiger partial charge in [-0.15, -0.1) is 0 Å². The van der Waals surface area contributed by atoms with Crippen LogP contribution in [0.25, 0.3) is 0 Å². The van der Waals surface area contributed by atoms with Gasteiger partial charge in [0.25, 0.3) is 0 Å². The van der Waals surface area contributed by atoms with Crippen molar-refractivity contribution in [2.75, 3.05) is 7.05 Å². The van der Waals surface area contributed by atoms with Crippen molar-refractivity contribution in [3.63, 3.8) is 0 Å². The van der Waals surface area contributed by atoms with Gasteiger partial charge in [-0.1, -0.05) is 34.1 Å². The number of halogens is 1. The number of nitrogens with one attached hydrogen (secondary N) is 1. The summed E-state index contributed by atoms with van der Waals surface area (Å²) in [5.41, 5.74) is 2.55. The molecule has 1 aromatic heterocycles. The lowest BCUT2D eigenvalue weighted by Crippen LogP contribution is -2.21. The number of hydrogen-bond donors (Lipinski definition) is 1. The standard InChI is InChI=1S/C15H20BrN3/c1-4-19-9-8-18-14(19)10-13(17-3)12-7-5-6-11(2)15(12)16/h5-9,13,17H,4,10H2,1-3H3. The van der Waals surface area contributed by atoms with Crippen LogP contribution >= 0.6 is 15.9 Å². The second-order valence-corrected chi connectivity index (χ2v) is 5.45. The molecule has 0 aliphatic carbocycles. The summed E-state index contributed by atoms with van der Waals surface area (Å²) in [6.07, 6.45) is 4.80. The van der Waals surface area contributed by atoms with Crippen LogP contribution in [0.1, 0.15) is 29.9 Å². The van der Waals surface area contributed by atoms with E-state index in [1.54, 1.807) is 0 Å². The first-order valence-corrected chi connectivity index (χ1v) is 7.39. The van der Waals surface area contributed by atoms with Crippen LogP contribution in [-0.4, -0.2) is 16.6 Å². The number of imidazole rings is 1. The van der Waals surface area contributed by atoms with E-state index in [4.69, 9.17) is 0 Å². The van der Waals surface area contributed by atoms with Gasteiger partial charge < -0.3 is 9.88 Å². The third-order valence-electron chi connectivity index (χ3n) is 3.47. The van der Waals surface area contributed by atoms with E-state index in [1.807, 2.05) is 19.4 Å². The van der Waals surface area contributed by atoms with Gasteiger partial charge in [-0.05, 0) is 32.0 Å². The fourth-order valence-electron chi connectivity index (χ4n) is 2.31. The molecule has 0 amide bonds. The molecule has 1 atom stereocenters. The van der Waals surface area contributed by atoms with Gasteiger partial charge in [-0.3, -0.25) is 0 Å². The minimum atomic E-state index is 0.266. The van der Waals surface area contributed by atoms with Crippen molar-refractivity contribution < 1.29 is 0 Å². The third kappa shape index (κ3) is 3.07. The Hall–Kier alpha value is -1.13. The Morgan fingerprint density at radius 1 is 1.42 bits per heavy atom. The first kappa shape index (κ1) is 14.3. The number of aryl methyl sites for hydroxylation is 2. The van der Waals surface area contributed by atoms with Gasteiger partial charge >= 0.3 is 0 Å². The molecule has 0 aliphatic heterocycles. The van der Waals surface area contributed by atoms with Crippen molar-refractivity contribution in [3.05, 3.63) is 52.0 Å². The van der Waals surface area contributed by atoms with Crippen LogP contribution in [0.5, 0.6) is 0 Å². The molecule has 0 saturated carbocycles. The van der Waals surface area contributed by atoms with E-state index >= 15 is 0 Å². The average Bonchev–Trinajstić information content (AvgIpc) is 2.87. The zero-order valence-electron chi connectivity index (χ0n) is 11.7. The number of likely N-dealkylation sites (N-methyl/N-ethyl adjacent to an activating group) is 1. The molecule has 0 radical (unpaired) electrons. The number of rotatable bonds is 5. The first-order valence-electron chi connectivity index (χ1n) is 6.59. The second-order valence-electron chi connectivity index (χ2n) is 4.65. The number of benzene rings is 1. The van der Waals surface area contributed by atoms with E-state index in [1.165, 1.54) is 15.6 Å². The van der Waals surface area contributed by atoms with Crippen LogP contribution in [0.2, 0.25) is 0 Å². The number of aromatic nitrogens is 2. The maximum absolute atomic E-state index is 4.46. The monoisotopic (exact) mass is 321 g/mol. The summed E-state index contributed by atoms with van der Waals surface area (Å²) >= 11 is 3.69. The number of hydrogen-bond acceptors (Lipinski definition) is 2. The van der Waals surface area contributed by atoms with Crippen molar-refractivity contribution in [1.29, 1.82) is 0 Å². The summed E-state index contributed by atoms with van der Waals surface area (Å²) < 4.78 is 3.37. The Bertz CT molecular complexity index is 548. The largest absolute Gasteiger partial charge is 0.335 e. The van der Waals surface area contributed by atoms with E-state index in [9.17, 15) is 0 Å². The van der Waals surface area contributed by atoms with E-state index in [0.29, 0.717) is 0 Å². The Labute approximate surface area is 123 Å². The molecule has 1 N–H and O–H groups in total. The Balaban J connectivity index is 2.28. The lowest BCUT2D eigenvalue weighted by molar-refractivity contribution is 0.551. The second kappa shape index (κ2) is 6.35. The molecule has 1 heterocycles. The van der Waals surface area contributed by atoms with E-state index in [-0.39, 0.29) is 6.04 Å². The normalized spacial score (nSPS) is 12.6. The van der Waals surface area contributed by atoms with Crippen molar-refractivity contribution in [2.24, 2.45) is 0 Å².